The Morgan fingerprint density at radius 3 is 2.24 bits per heavy atom. The van der Waals surface area contributed by atoms with Gasteiger partial charge in [-0.3, -0.25) is 9.69 Å². The van der Waals surface area contributed by atoms with Crippen LogP contribution in [0.5, 0.6) is 5.75 Å². The highest BCUT2D eigenvalue weighted by atomic mass is 19.4. The van der Waals surface area contributed by atoms with E-state index in [1.54, 1.807) is 11.0 Å². The summed E-state index contributed by atoms with van der Waals surface area (Å²) in [4.78, 5) is 38.4. The van der Waals surface area contributed by atoms with E-state index in [1.165, 1.54) is 4.90 Å². The molecule has 1 aromatic carbocycles. The van der Waals surface area contributed by atoms with E-state index in [9.17, 15) is 27.9 Å². The molecule has 2 aliphatic heterocycles. The molecule has 2 aromatic rings. The number of carbonyl (C=O) groups excluding carboxylic acids is 1. The summed E-state index contributed by atoms with van der Waals surface area (Å²) >= 11 is 0. The maximum atomic E-state index is 15.2. The van der Waals surface area contributed by atoms with Crippen LogP contribution in [-0.4, -0.2) is 75.8 Å². The highest BCUT2D eigenvalue weighted by Gasteiger charge is 2.62. The average molecular weight is 690 g/mol. The number of ether oxygens (including phenoxy) is 1. The minimum atomic E-state index is -4.24. The predicted molar refractivity (Wildman–Crippen MR) is 167 cm³/mol. The van der Waals surface area contributed by atoms with Gasteiger partial charge in [0.15, 0.2) is 0 Å². The number of aromatic nitrogens is 2. The van der Waals surface area contributed by atoms with Crippen molar-refractivity contribution in [1.29, 1.82) is 0 Å². The summed E-state index contributed by atoms with van der Waals surface area (Å²) in [5, 5.41) is 13.2. The molecule has 6 fully saturated rings. The van der Waals surface area contributed by atoms with E-state index in [4.69, 9.17) is 4.74 Å². The summed E-state index contributed by atoms with van der Waals surface area (Å²) in [7, 11) is 0. The smallest absolute Gasteiger partial charge is 0.401 e. The number of nitrogens with zero attached hydrogens (tertiary/aromatic N) is 4. The molecule has 49 heavy (non-hydrogen) atoms. The second kappa shape index (κ2) is 11.2. The Hall–Kier alpha value is -3.55. The zero-order valence-electron chi connectivity index (χ0n) is 27.2. The predicted octanol–water partition coefficient (Wildman–Crippen LogP) is 6.19. The van der Waals surface area contributed by atoms with E-state index in [2.05, 4.69) is 15.3 Å². The fraction of sp³-hybridized carbons (Fsp3) is 0.657. The standard InChI is InChI=1S/C35H40F5N5O4/c1-32(36,37)28-25(29(46)43-35(30(47)48)21-11-19-10-20(13-21)14-22(35)12-19)16-41-31(42-28)45-17-33(6-7-33)26-15-24(2-3-27(26)45)49-23-4-8-44(9-5-23)18-34(38,39)40/h2-3,15-16,19-23H,4-14,17-18H2,1H3,(H,43,46)(H,47,48). The minimum absolute atomic E-state index is 0.0198. The summed E-state index contributed by atoms with van der Waals surface area (Å²) in [6.45, 7) is 0.782. The van der Waals surface area contributed by atoms with E-state index < -0.39 is 47.3 Å². The number of rotatable bonds is 8. The van der Waals surface area contributed by atoms with Crippen LogP contribution < -0.4 is 15.0 Å². The summed E-state index contributed by atoms with van der Waals surface area (Å²) < 4.78 is 75.0. The van der Waals surface area contributed by atoms with E-state index >= 15 is 8.78 Å². The summed E-state index contributed by atoms with van der Waals surface area (Å²) in [6, 6.07) is 5.52. The van der Waals surface area contributed by atoms with Crippen LogP contribution in [0.2, 0.25) is 0 Å². The second-order valence-corrected chi connectivity index (χ2v) is 15.5. The fourth-order valence-electron chi connectivity index (χ4n) is 9.90. The number of hydrogen-bond donors (Lipinski definition) is 2. The number of likely N-dealkylation sites (tertiary alicyclic amines) is 1. The summed E-state index contributed by atoms with van der Waals surface area (Å²) in [6.07, 6.45) is 3.23. The second-order valence-electron chi connectivity index (χ2n) is 15.5. The lowest BCUT2D eigenvalue weighted by atomic mass is 9.48. The quantitative estimate of drug-likeness (QED) is 0.317. The van der Waals surface area contributed by atoms with Crippen LogP contribution >= 0.6 is 0 Å². The van der Waals surface area contributed by atoms with Gasteiger partial charge in [-0.2, -0.15) is 22.0 Å². The molecule has 4 bridgehead atoms. The van der Waals surface area contributed by atoms with Gasteiger partial charge in [-0.25, -0.2) is 14.8 Å². The molecular weight excluding hydrogens is 649 g/mol. The van der Waals surface area contributed by atoms with Gasteiger partial charge in [-0.05, 0) is 105 Å². The SMILES string of the molecule is CC(F)(F)c1nc(N2CC3(CC3)c3cc(OC4CCN(CC(F)(F)F)CC4)ccc32)ncc1C(=O)NC1(C(=O)O)C2CC3CC(C2)CC1C3. The molecule has 264 valence electrons. The van der Waals surface area contributed by atoms with Crippen molar-refractivity contribution in [3.63, 3.8) is 0 Å². The van der Waals surface area contributed by atoms with Crippen LogP contribution in [0.25, 0.3) is 0 Å². The first-order valence-electron chi connectivity index (χ1n) is 17.3. The molecule has 9 nitrogen and oxygen atoms in total. The highest BCUT2D eigenvalue weighted by molar-refractivity contribution is 5.99. The number of halogens is 5. The van der Waals surface area contributed by atoms with Crippen LogP contribution in [-0.2, 0) is 16.1 Å². The number of carbonyl (C=O) groups is 2. The van der Waals surface area contributed by atoms with Crippen molar-refractivity contribution in [2.45, 2.75) is 93.9 Å². The molecule has 5 saturated carbocycles. The number of alkyl halides is 5. The number of anilines is 2. The lowest BCUT2D eigenvalue weighted by Gasteiger charge is -2.59. The third-order valence-electron chi connectivity index (χ3n) is 12.2. The minimum Gasteiger partial charge on any atom is -0.490 e. The van der Waals surface area contributed by atoms with Gasteiger partial charge < -0.3 is 20.1 Å². The zero-order valence-corrected chi connectivity index (χ0v) is 27.2. The molecule has 0 atom stereocenters. The summed E-state index contributed by atoms with van der Waals surface area (Å²) in [5.74, 6) is -4.52. The van der Waals surface area contributed by atoms with Gasteiger partial charge in [0.25, 0.3) is 11.8 Å². The first-order valence-corrected chi connectivity index (χ1v) is 17.3. The van der Waals surface area contributed by atoms with Crippen LogP contribution in [0.1, 0.15) is 86.3 Å². The topological polar surface area (TPSA) is 108 Å². The van der Waals surface area contributed by atoms with Crippen LogP contribution in [0.4, 0.5) is 33.6 Å². The van der Waals surface area contributed by atoms with Gasteiger partial charge >= 0.3 is 12.1 Å². The number of amides is 1. The lowest BCUT2D eigenvalue weighted by Crippen LogP contribution is -2.70. The molecule has 9 rings (SSSR count). The molecule has 0 unspecified atom stereocenters. The van der Waals surface area contributed by atoms with Crippen molar-refractivity contribution in [3.05, 3.63) is 41.2 Å². The Bertz CT molecular complexity index is 1640. The number of carboxylic acid groups (broad SMARTS) is 1. The number of nitrogens with one attached hydrogen (secondary N) is 1. The van der Waals surface area contributed by atoms with Gasteiger partial charge in [0, 0.05) is 43.9 Å². The number of carboxylic acids is 1. The number of benzene rings is 1. The normalized spacial score (nSPS) is 30.4. The monoisotopic (exact) mass is 689 g/mol. The Kier molecular flexibility index (Phi) is 7.48. The summed E-state index contributed by atoms with van der Waals surface area (Å²) in [5.41, 5.74) is -1.21. The molecule has 1 aromatic heterocycles. The molecule has 14 heteroatoms. The van der Waals surface area contributed by atoms with E-state index in [0.717, 1.165) is 36.7 Å². The largest absolute Gasteiger partial charge is 0.490 e. The number of aliphatic carboxylic acids is 1. The van der Waals surface area contributed by atoms with Crippen molar-refractivity contribution in [2.24, 2.45) is 23.7 Å². The molecule has 2 N–H and O–H groups in total. The molecular formula is C35H40F5N5O4. The molecule has 5 aliphatic carbocycles. The van der Waals surface area contributed by atoms with Crippen LogP contribution in [0, 0.1) is 23.7 Å². The number of fused-ring (bicyclic) bond motifs is 2. The van der Waals surface area contributed by atoms with Crippen molar-refractivity contribution in [2.75, 3.05) is 31.1 Å². The molecule has 3 heterocycles. The first kappa shape index (κ1) is 32.6. The fourth-order valence-corrected chi connectivity index (χ4v) is 9.90. The average Bonchev–Trinajstić information content (AvgIpc) is 3.74. The third kappa shape index (κ3) is 5.71. The van der Waals surface area contributed by atoms with Crippen molar-refractivity contribution in [1.82, 2.24) is 20.2 Å². The van der Waals surface area contributed by atoms with Crippen LogP contribution in [0.3, 0.4) is 0 Å². The molecule has 0 radical (unpaired) electrons. The van der Waals surface area contributed by atoms with Gasteiger partial charge in [0.2, 0.25) is 5.95 Å². The maximum absolute atomic E-state index is 15.2. The van der Waals surface area contributed by atoms with Crippen molar-refractivity contribution >= 4 is 23.5 Å². The maximum Gasteiger partial charge on any atom is 0.401 e. The lowest BCUT2D eigenvalue weighted by molar-refractivity contribution is -0.163. The Labute approximate surface area is 280 Å². The van der Waals surface area contributed by atoms with Gasteiger partial charge in [-0.1, -0.05) is 0 Å². The van der Waals surface area contributed by atoms with Crippen molar-refractivity contribution in [3.8, 4) is 5.75 Å². The highest BCUT2D eigenvalue weighted by Crippen LogP contribution is 2.60. The Morgan fingerprint density at radius 2 is 1.67 bits per heavy atom. The van der Waals surface area contributed by atoms with Gasteiger partial charge in [-0.15, -0.1) is 0 Å². The molecule has 1 amide bonds. The first-order chi connectivity index (χ1) is 23.1. The Balaban J connectivity index is 1.03. The zero-order chi connectivity index (χ0) is 34.5. The number of hydrogen-bond acceptors (Lipinski definition) is 7. The van der Waals surface area contributed by atoms with E-state index in [-0.39, 0.29) is 29.3 Å². The van der Waals surface area contributed by atoms with Crippen LogP contribution in [0.15, 0.2) is 24.4 Å². The molecule has 1 spiro atoms. The van der Waals surface area contributed by atoms with E-state index in [1.807, 2.05) is 12.1 Å². The third-order valence-corrected chi connectivity index (χ3v) is 12.2. The Morgan fingerprint density at radius 1 is 1.02 bits per heavy atom. The number of piperidine rings is 1. The van der Waals surface area contributed by atoms with Gasteiger partial charge in [0.05, 0.1) is 12.1 Å². The van der Waals surface area contributed by atoms with E-state index in [0.29, 0.717) is 82.7 Å². The molecule has 1 saturated heterocycles. The molecule has 7 aliphatic rings. The van der Waals surface area contributed by atoms with Gasteiger partial charge in [0.1, 0.15) is 23.1 Å². The van der Waals surface area contributed by atoms with Crippen molar-refractivity contribution < 1.29 is 41.4 Å².